The minimum absolute atomic E-state index is 0.00352. The molecular weight excluding hydrogens is 236 g/mol. The highest BCUT2D eigenvalue weighted by Gasteiger charge is 2.29. The Balaban J connectivity index is 2.58. The van der Waals surface area contributed by atoms with Crippen molar-refractivity contribution in [1.82, 2.24) is 10.2 Å². The topological polar surface area (TPSA) is 60.0 Å². The number of carbonyl (C=O) groups excluding carboxylic acids is 1. The van der Waals surface area contributed by atoms with Crippen molar-refractivity contribution in [3.8, 4) is 0 Å². The summed E-state index contributed by atoms with van der Waals surface area (Å²) < 4.78 is 15.7. The minimum atomic E-state index is -0.394. The zero-order chi connectivity index (χ0) is 13.4. The maximum Gasteiger partial charge on any atom is 0.253 e. The molecule has 1 saturated heterocycles. The Bertz CT molecular complexity index is 244. The average Bonchev–Trinajstić information content (AvgIpc) is 2.40. The minimum Gasteiger partial charge on any atom is -0.383 e. The van der Waals surface area contributed by atoms with Crippen LogP contribution in [0.2, 0.25) is 0 Å². The first-order valence-corrected chi connectivity index (χ1v) is 6.31. The number of amides is 1. The summed E-state index contributed by atoms with van der Waals surface area (Å²) in [5.74, 6) is 0.00352. The third-order valence-corrected chi connectivity index (χ3v) is 2.96. The number of hydrogen-bond acceptors (Lipinski definition) is 5. The Morgan fingerprint density at radius 1 is 1.50 bits per heavy atom. The van der Waals surface area contributed by atoms with Gasteiger partial charge in [0.1, 0.15) is 6.10 Å². The first-order chi connectivity index (χ1) is 8.70. The number of nitrogens with one attached hydrogen (secondary N) is 1. The summed E-state index contributed by atoms with van der Waals surface area (Å²) in [6.07, 6.45) is -0.394. The summed E-state index contributed by atoms with van der Waals surface area (Å²) in [6, 6.07) is 0.0168. The molecule has 1 rings (SSSR count). The molecule has 1 heterocycles. The van der Waals surface area contributed by atoms with Gasteiger partial charge in [0.05, 0.1) is 25.9 Å². The highest BCUT2D eigenvalue weighted by Crippen LogP contribution is 2.07. The van der Waals surface area contributed by atoms with Gasteiger partial charge in [-0.25, -0.2) is 0 Å². The van der Waals surface area contributed by atoms with Crippen molar-refractivity contribution in [2.45, 2.75) is 19.1 Å². The number of methoxy groups -OCH3 is 2. The molecule has 1 fully saturated rings. The van der Waals surface area contributed by atoms with Crippen LogP contribution in [0.15, 0.2) is 0 Å². The predicted octanol–water partition coefficient (Wildman–Crippen LogP) is -0.515. The highest BCUT2D eigenvalue weighted by molar-refractivity contribution is 5.81. The largest absolute Gasteiger partial charge is 0.383 e. The van der Waals surface area contributed by atoms with Crippen molar-refractivity contribution in [1.29, 1.82) is 0 Å². The van der Waals surface area contributed by atoms with Crippen LogP contribution in [0.5, 0.6) is 0 Å². The molecule has 6 heteroatoms. The molecule has 1 aliphatic heterocycles. The monoisotopic (exact) mass is 260 g/mol. The van der Waals surface area contributed by atoms with Gasteiger partial charge in [0.15, 0.2) is 0 Å². The van der Waals surface area contributed by atoms with Gasteiger partial charge in [0, 0.05) is 33.9 Å². The second kappa shape index (κ2) is 8.42. The smallest absolute Gasteiger partial charge is 0.253 e. The molecule has 0 aromatic carbocycles. The zero-order valence-electron chi connectivity index (χ0n) is 11.5. The molecule has 18 heavy (non-hydrogen) atoms. The number of ether oxygens (including phenoxy) is 3. The number of carbonyl (C=O) groups is 1. The zero-order valence-corrected chi connectivity index (χ0v) is 11.5. The van der Waals surface area contributed by atoms with Gasteiger partial charge >= 0.3 is 0 Å². The van der Waals surface area contributed by atoms with E-state index in [9.17, 15) is 4.79 Å². The number of nitrogens with zero attached hydrogens (tertiary/aromatic N) is 1. The maximum absolute atomic E-state index is 12.4. The molecule has 2 atom stereocenters. The lowest BCUT2D eigenvalue weighted by Crippen LogP contribution is -2.53. The van der Waals surface area contributed by atoms with E-state index in [1.165, 1.54) is 0 Å². The first-order valence-electron chi connectivity index (χ1n) is 6.31. The molecule has 6 nitrogen and oxygen atoms in total. The van der Waals surface area contributed by atoms with Gasteiger partial charge in [-0.05, 0) is 6.92 Å². The molecular formula is C12H24N2O4. The summed E-state index contributed by atoms with van der Waals surface area (Å²) in [7, 11) is 3.26. The predicted molar refractivity (Wildman–Crippen MR) is 67.5 cm³/mol. The van der Waals surface area contributed by atoms with Crippen LogP contribution in [0.3, 0.4) is 0 Å². The van der Waals surface area contributed by atoms with Crippen molar-refractivity contribution in [2.24, 2.45) is 0 Å². The molecule has 106 valence electrons. The van der Waals surface area contributed by atoms with Crippen LogP contribution in [0, 0.1) is 0 Å². The van der Waals surface area contributed by atoms with Crippen LogP contribution in [0.25, 0.3) is 0 Å². The summed E-state index contributed by atoms with van der Waals surface area (Å²) in [5, 5.41) is 3.16. The Morgan fingerprint density at radius 3 is 2.83 bits per heavy atom. The molecule has 0 aliphatic carbocycles. The molecule has 0 bridgehead atoms. The molecule has 0 aromatic heterocycles. The van der Waals surface area contributed by atoms with Gasteiger partial charge in [0.25, 0.3) is 5.91 Å². The maximum atomic E-state index is 12.4. The number of morpholine rings is 1. The summed E-state index contributed by atoms with van der Waals surface area (Å²) in [5.41, 5.74) is 0. The van der Waals surface area contributed by atoms with Crippen molar-refractivity contribution < 1.29 is 19.0 Å². The van der Waals surface area contributed by atoms with Crippen molar-refractivity contribution in [3.05, 3.63) is 0 Å². The van der Waals surface area contributed by atoms with E-state index in [4.69, 9.17) is 14.2 Å². The fraction of sp³-hybridized carbons (Fsp3) is 0.917. The van der Waals surface area contributed by atoms with Crippen LogP contribution in [0.1, 0.15) is 6.92 Å². The third-order valence-electron chi connectivity index (χ3n) is 2.96. The number of hydrogen-bond donors (Lipinski definition) is 1. The van der Waals surface area contributed by atoms with Crippen LogP contribution in [-0.4, -0.2) is 76.6 Å². The summed E-state index contributed by atoms with van der Waals surface area (Å²) >= 11 is 0. The van der Waals surface area contributed by atoms with Crippen molar-refractivity contribution >= 4 is 5.91 Å². The summed E-state index contributed by atoms with van der Waals surface area (Å²) in [6.45, 7) is 5.49. The number of rotatable bonds is 7. The fourth-order valence-corrected chi connectivity index (χ4v) is 1.98. The Morgan fingerprint density at radius 2 is 2.28 bits per heavy atom. The highest BCUT2D eigenvalue weighted by atomic mass is 16.5. The van der Waals surface area contributed by atoms with Gasteiger partial charge in [-0.3, -0.25) is 4.79 Å². The van der Waals surface area contributed by atoms with Gasteiger partial charge in [0.2, 0.25) is 0 Å². The molecule has 0 aromatic rings. The van der Waals surface area contributed by atoms with Gasteiger partial charge < -0.3 is 24.4 Å². The second-order valence-corrected chi connectivity index (χ2v) is 4.39. The van der Waals surface area contributed by atoms with Gasteiger partial charge in [-0.2, -0.15) is 0 Å². The quantitative estimate of drug-likeness (QED) is 0.668. The van der Waals surface area contributed by atoms with E-state index in [1.807, 2.05) is 6.92 Å². The van der Waals surface area contributed by atoms with Crippen molar-refractivity contribution in [3.63, 3.8) is 0 Å². The van der Waals surface area contributed by atoms with Crippen LogP contribution < -0.4 is 5.32 Å². The molecule has 1 aliphatic rings. The molecule has 0 saturated carbocycles. The van der Waals surface area contributed by atoms with Crippen LogP contribution in [0.4, 0.5) is 0 Å². The normalized spacial score (nSPS) is 21.6. The van der Waals surface area contributed by atoms with E-state index >= 15 is 0 Å². The fourth-order valence-electron chi connectivity index (χ4n) is 1.98. The Hall–Kier alpha value is -0.690. The molecule has 0 radical (unpaired) electrons. The Labute approximate surface area is 109 Å². The molecule has 1 amide bonds. The van der Waals surface area contributed by atoms with E-state index < -0.39 is 6.10 Å². The lowest BCUT2D eigenvalue weighted by atomic mass is 10.2. The lowest BCUT2D eigenvalue weighted by Gasteiger charge is -2.33. The SMILES string of the molecule is COCCN(C(=O)C1CNCCO1)C(C)COC. The van der Waals surface area contributed by atoms with Crippen molar-refractivity contribution in [2.75, 3.05) is 53.7 Å². The lowest BCUT2D eigenvalue weighted by molar-refractivity contribution is -0.149. The first kappa shape index (κ1) is 15.4. The second-order valence-electron chi connectivity index (χ2n) is 4.39. The van der Waals surface area contributed by atoms with E-state index in [2.05, 4.69) is 5.32 Å². The van der Waals surface area contributed by atoms with Crippen LogP contribution in [-0.2, 0) is 19.0 Å². The molecule has 0 spiro atoms. The molecule has 1 N–H and O–H groups in total. The molecule has 2 unspecified atom stereocenters. The van der Waals surface area contributed by atoms with Gasteiger partial charge in [-0.15, -0.1) is 0 Å². The van der Waals surface area contributed by atoms with E-state index in [0.717, 1.165) is 6.54 Å². The van der Waals surface area contributed by atoms with E-state index in [0.29, 0.717) is 32.9 Å². The van der Waals surface area contributed by atoms with E-state index in [-0.39, 0.29) is 11.9 Å². The van der Waals surface area contributed by atoms with Crippen LogP contribution >= 0.6 is 0 Å². The Kier molecular flexibility index (Phi) is 7.19. The third kappa shape index (κ3) is 4.53. The summed E-state index contributed by atoms with van der Waals surface area (Å²) in [4.78, 5) is 14.1. The van der Waals surface area contributed by atoms with E-state index in [1.54, 1.807) is 19.1 Å². The average molecular weight is 260 g/mol. The van der Waals surface area contributed by atoms with Gasteiger partial charge in [-0.1, -0.05) is 0 Å². The standard InChI is InChI=1S/C12H24N2O4/c1-10(9-17-3)14(5-7-16-2)12(15)11-8-13-4-6-18-11/h10-11,13H,4-9H2,1-3H3.